The van der Waals surface area contributed by atoms with E-state index in [1.165, 1.54) is 24.8 Å². The van der Waals surface area contributed by atoms with Crippen LogP contribution in [0.5, 0.6) is 17.2 Å². The minimum absolute atomic E-state index is 0.753. The van der Waals surface area contributed by atoms with E-state index in [9.17, 15) is 0 Å². The number of ether oxygens (including phenoxy) is 3. The SMILES string of the molecule is COc1ccc(OC)c(C2=CCCCCC2)c1OC. The summed E-state index contributed by atoms with van der Waals surface area (Å²) in [6.07, 6.45) is 8.27. The highest BCUT2D eigenvalue weighted by Gasteiger charge is 2.19. The Kier molecular flexibility index (Phi) is 4.72. The third kappa shape index (κ3) is 2.86. The number of benzene rings is 1. The van der Waals surface area contributed by atoms with Crippen molar-refractivity contribution in [1.29, 1.82) is 0 Å². The minimum Gasteiger partial charge on any atom is -0.496 e. The smallest absolute Gasteiger partial charge is 0.171 e. The van der Waals surface area contributed by atoms with Gasteiger partial charge in [-0.15, -0.1) is 0 Å². The molecule has 0 saturated carbocycles. The van der Waals surface area contributed by atoms with Gasteiger partial charge in [-0.3, -0.25) is 0 Å². The maximum atomic E-state index is 5.56. The van der Waals surface area contributed by atoms with Crippen molar-refractivity contribution in [1.82, 2.24) is 0 Å². The first-order valence-electron chi connectivity index (χ1n) is 6.80. The molecule has 0 atom stereocenters. The molecule has 0 fully saturated rings. The summed E-state index contributed by atoms with van der Waals surface area (Å²) >= 11 is 0. The molecule has 1 aromatic rings. The fourth-order valence-electron chi connectivity index (χ4n) is 2.63. The van der Waals surface area contributed by atoms with Crippen molar-refractivity contribution in [2.24, 2.45) is 0 Å². The molecule has 1 aliphatic rings. The molecule has 0 unspecified atom stereocenters. The second-order valence-electron chi connectivity index (χ2n) is 4.71. The van der Waals surface area contributed by atoms with Crippen molar-refractivity contribution in [2.75, 3.05) is 21.3 Å². The Morgan fingerprint density at radius 1 is 0.842 bits per heavy atom. The first-order chi connectivity index (χ1) is 9.31. The van der Waals surface area contributed by atoms with Crippen LogP contribution in [0.15, 0.2) is 18.2 Å². The summed E-state index contributed by atoms with van der Waals surface area (Å²) in [7, 11) is 5.04. The number of allylic oxidation sites excluding steroid dienone is 2. The number of hydrogen-bond donors (Lipinski definition) is 0. The van der Waals surface area contributed by atoms with Gasteiger partial charge >= 0.3 is 0 Å². The van der Waals surface area contributed by atoms with Crippen LogP contribution in [0.3, 0.4) is 0 Å². The first kappa shape index (κ1) is 13.8. The van der Waals surface area contributed by atoms with Gasteiger partial charge in [0.1, 0.15) is 5.75 Å². The van der Waals surface area contributed by atoms with Crippen molar-refractivity contribution < 1.29 is 14.2 Å². The van der Waals surface area contributed by atoms with Crippen molar-refractivity contribution in [2.45, 2.75) is 32.1 Å². The van der Waals surface area contributed by atoms with Gasteiger partial charge in [0, 0.05) is 0 Å². The third-order valence-corrected chi connectivity index (χ3v) is 3.59. The number of methoxy groups -OCH3 is 3. The van der Waals surface area contributed by atoms with E-state index in [1.807, 2.05) is 12.1 Å². The minimum atomic E-state index is 0.753. The highest BCUT2D eigenvalue weighted by atomic mass is 16.5. The monoisotopic (exact) mass is 262 g/mol. The Hall–Kier alpha value is -1.64. The lowest BCUT2D eigenvalue weighted by Crippen LogP contribution is -1.99. The predicted molar refractivity (Wildman–Crippen MR) is 77.2 cm³/mol. The molecule has 0 radical (unpaired) electrons. The molecule has 0 bridgehead atoms. The van der Waals surface area contributed by atoms with Crippen molar-refractivity contribution >= 4 is 5.57 Å². The first-order valence-corrected chi connectivity index (χ1v) is 6.80. The van der Waals surface area contributed by atoms with Gasteiger partial charge in [0.05, 0.1) is 26.9 Å². The lowest BCUT2D eigenvalue weighted by molar-refractivity contribution is 0.347. The molecule has 0 amide bonds. The molecule has 0 N–H and O–H groups in total. The van der Waals surface area contributed by atoms with E-state index in [0.717, 1.165) is 35.7 Å². The van der Waals surface area contributed by atoms with Crippen LogP contribution in [0, 0.1) is 0 Å². The van der Waals surface area contributed by atoms with E-state index in [-0.39, 0.29) is 0 Å². The molecule has 104 valence electrons. The van der Waals surface area contributed by atoms with E-state index in [1.54, 1.807) is 21.3 Å². The Bertz CT molecular complexity index is 463. The molecule has 3 heteroatoms. The molecule has 1 aliphatic carbocycles. The third-order valence-electron chi connectivity index (χ3n) is 3.59. The summed E-state index contributed by atoms with van der Waals surface area (Å²) in [4.78, 5) is 0. The molecule has 0 heterocycles. The van der Waals surface area contributed by atoms with Gasteiger partial charge in [0.25, 0.3) is 0 Å². The Morgan fingerprint density at radius 2 is 1.58 bits per heavy atom. The molecule has 0 aliphatic heterocycles. The molecule has 0 spiro atoms. The van der Waals surface area contributed by atoms with E-state index < -0.39 is 0 Å². The fourth-order valence-corrected chi connectivity index (χ4v) is 2.63. The summed E-state index contributed by atoms with van der Waals surface area (Å²) in [5.41, 5.74) is 2.36. The average Bonchev–Trinajstić information content (AvgIpc) is 2.74. The zero-order valence-corrected chi connectivity index (χ0v) is 12.0. The van der Waals surface area contributed by atoms with Crippen LogP contribution in [0.25, 0.3) is 5.57 Å². The number of hydrogen-bond acceptors (Lipinski definition) is 3. The lowest BCUT2D eigenvalue weighted by atomic mass is 9.98. The van der Waals surface area contributed by atoms with Gasteiger partial charge in [0.2, 0.25) is 0 Å². The summed E-state index contributed by atoms with van der Waals surface area (Å²) in [5, 5.41) is 0. The lowest BCUT2D eigenvalue weighted by Gasteiger charge is -2.18. The normalized spacial score (nSPS) is 15.4. The molecular weight excluding hydrogens is 240 g/mol. The Morgan fingerprint density at radius 3 is 2.26 bits per heavy atom. The topological polar surface area (TPSA) is 27.7 Å². The van der Waals surface area contributed by atoms with Crippen LogP contribution in [0.2, 0.25) is 0 Å². The van der Waals surface area contributed by atoms with Crippen LogP contribution in [-0.4, -0.2) is 21.3 Å². The van der Waals surface area contributed by atoms with Gasteiger partial charge in [0.15, 0.2) is 11.5 Å². The molecule has 1 aromatic carbocycles. The molecule has 3 nitrogen and oxygen atoms in total. The maximum absolute atomic E-state index is 5.56. The summed E-state index contributed by atoms with van der Waals surface area (Å²) in [6, 6.07) is 3.83. The molecular formula is C16H22O3. The second-order valence-corrected chi connectivity index (χ2v) is 4.71. The standard InChI is InChI=1S/C16H22O3/c1-17-13-10-11-14(18-2)16(19-3)15(13)12-8-6-4-5-7-9-12/h8,10-11H,4-7,9H2,1-3H3. The Labute approximate surface area is 115 Å². The van der Waals surface area contributed by atoms with Gasteiger partial charge in [-0.05, 0) is 43.4 Å². The van der Waals surface area contributed by atoms with Crippen molar-refractivity contribution in [3.8, 4) is 17.2 Å². The van der Waals surface area contributed by atoms with Gasteiger partial charge in [-0.2, -0.15) is 0 Å². The van der Waals surface area contributed by atoms with Crippen molar-refractivity contribution in [3.05, 3.63) is 23.8 Å². The Balaban J connectivity index is 2.54. The fraction of sp³-hybridized carbons (Fsp3) is 0.500. The van der Waals surface area contributed by atoms with Crippen LogP contribution in [0.4, 0.5) is 0 Å². The van der Waals surface area contributed by atoms with Crippen LogP contribution in [0.1, 0.15) is 37.7 Å². The second kappa shape index (κ2) is 6.50. The number of rotatable bonds is 4. The highest BCUT2D eigenvalue weighted by Crippen LogP contribution is 2.43. The molecule has 0 saturated heterocycles. The predicted octanol–water partition coefficient (Wildman–Crippen LogP) is 4.06. The van der Waals surface area contributed by atoms with E-state index in [4.69, 9.17) is 14.2 Å². The van der Waals surface area contributed by atoms with E-state index in [0.29, 0.717) is 0 Å². The molecule has 19 heavy (non-hydrogen) atoms. The zero-order valence-electron chi connectivity index (χ0n) is 12.0. The summed E-state index contributed by atoms with van der Waals surface area (Å²) in [6.45, 7) is 0. The van der Waals surface area contributed by atoms with E-state index in [2.05, 4.69) is 6.08 Å². The van der Waals surface area contributed by atoms with E-state index >= 15 is 0 Å². The van der Waals surface area contributed by atoms with Crippen LogP contribution < -0.4 is 14.2 Å². The van der Waals surface area contributed by atoms with Gasteiger partial charge in [-0.25, -0.2) is 0 Å². The zero-order chi connectivity index (χ0) is 13.7. The largest absolute Gasteiger partial charge is 0.496 e. The van der Waals surface area contributed by atoms with Crippen molar-refractivity contribution in [3.63, 3.8) is 0 Å². The van der Waals surface area contributed by atoms with Gasteiger partial charge < -0.3 is 14.2 Å². The summed E-state index contributed by atoms with van der Waals surface area (Å²) in [5.74, 6) is 2.38. The molecule has 2 rings (SSSR count). The highest BCUT2D eigenvalue weighted by molar-refractivity contribution is 5.78. The van der Waals surface area contributed by atoms with Crippen LogP contribution >= 0.6 is 0 Å². The molecule has 0 aromatic heterocycles. The average molecular weight is 262 g/mol. The maximum Gasteiger partial charge on any atom is 0.171 e. The quantitative estimate of drug-likeness (QED) is 0.819. The van der Waals surface area contributed by atoms with Gasteiger partial charge in [-0.1, -0.05) is 12.5 Å². The van der Waals surface area contributed by atoms with Crippen LogP contribution in [-0.2, 0) is 0 Å². The summed E-state index contributed by atoms with van der Waals surface area (Å²) < 4.78 is 16.5.